The Morgan fingerprint density at radius 3 is 2.94 bits per heavy atom. The maximum absolute atomic E-state index is 11.8. The van der Waals surface area contributed by atoms with Crippen LogP contribution in [0.25, 0.3) is 0 Å². The number of anilines is 1. The van der Waals surface area contributed by atoms with Crippen molar-refractivity contribution >= 4 is 17.4 Å². The van der Waals surface area contributed by atoms with Crippen LogP contribution < -0.4 is 16.2 Å². The largest absolute Gasteiger partial charge is 0.382 e. The van der Waals surface area contributed by atoms with E-state index in [0.29, 0.717) is 6.54 Å². The van der Waals surface area contributed by atoms with Gasteiger partial charge < -0.3 is 10.6 Å². The van der Waals surface area contributed by atoms with Gasteiger partial charge in [-0.2, -0.15) is 16.9 Å². The molecule has 5 nitrogen and oxygen atoms in total. The molecule has 0 amide bonds. The minimum Gasteiger partial charge on any atom is -0.382 e. The van der Waals surface area contributed by atoms with Gasteiger partial charge in [-0.15, -0.1) is 0 Å². The Morgan fingerprint density at radius 2 is 2.28 bits per heavy atom. The fraction of sp³-hybridized carbons (Fsp3) is 0.667. The van der Waals surface area contributed by atoms with Gasteiger partial charge in [0.25, 0.3) is 5.56 Å². The summed E-state index contributed by atoms with van der Waals surface area (Å²) in [5, 5.41) is 10.3. The molecular weight excluding hydrogens is 248 g/mol. The van der Waals surface area contributed by atoms with Gasteiger partial charge in [0.05, 0.1) is 11.9 Å². The predicted octanol–water partition coefficient (Wildman–Crippen LogP) is 1.02. The van der Waals surface area contributed by atoms with Crippen molar-refractivity contribution in [3.05, 3.63) is 22.6 Å². The zero-order valence-corrected chi connectivity index (χ0v) is 11.9. The van der Waals surface area contributed by atoms with Gasteiger partial charge in [-0.3, -0.25) is 4.79 Å². The quantitative estimate of drug-likeness (QED) is 0.656. The Balaban J connectivity index is 2.44. The summed E-state index contributed by atoms with van der Waals surface area (Å²) in [4.78, 5) is 11.8. The second-order valence-corrected chi connectivity index (χ2v) is 5.28. The summed E-state index contributed by atoms with van der Waals surface area (Å²) in [6.45, 7) is 4.48. The maximum Gasteiger partial charge on any atom is 0.268 e. The van der Waals surface area contributed by atoms with Crippen LogP contribution in [-0.4, -0.2) is 41.4 Å². The van der Waals surface area contributed by atoms with Gasteiger partial charge in [0, 0.05) is 25.7 Å². The fourth-order valence-electron chi connectivity index (χ4n) is 1.49. The maximum atomic E-state index is 11.8. The highest BCUT2D eigenvalue weighted by Gasteiger charge is 1.99. The molecule has 1 aromatic heterocycles. The van der Waals surface area contributed by atoms with Crippen LogP contribution in [0.2, 0.25) is 0 Å². The van der Waals surface area contributed by atoms with Crippen molar-refractivity contribution in [1.82, 2.24) is 15.1 Å². The molecule has 0 spiro atoms. The SMILES string of the molecule is CCSCCCn1ncc(NCCNC)cc1=O. The van der Waals surface area contributed by atoms with Crippen LogP contribution in [0.5, 0.6) is 0 Å². The molecule has 1 aromatic rings. The van der Waals surface area contributed by atoms with Crippen LogP contribution in [0.1, 0.15) is 13.3 Å². The van der Waals surface area contributed by atoms with Gasteiger partial charge in [0.15, 0.2) is 0 Å². The van der Waals surface area contributed by atoms with Crippen molar-refractivity contribution in [3.63, 3.8) is 0 Å². The van der Waals surface area contributed by atoms with Crippen LogP contribution in [-0.2, 0) is 6.54 Å². The highest BCUT2D eigenvalue weighted by atomic mass is 32.2. The molecule has 0 saturated heterocycles. The minimum atomic E-state index is -0.0362. The molecule has 18 heavy (non-hydrogen) atoms. The van der Waals surface area contributed by atoms with Crippen molar-refractivity contribution in [2.45, 2.75) is 19.9 Å². The first kappa shape index (κ1) is 15.0. The fourth-order valence-corrected chi connectivity index (χ4v) is 2.11. The first-order chi connectivity index (χ1) is 8.77. The molecule has 0 bridgehead atoms. The zero-order chi connectivity index (χ0) is 13.2. The molecule has 2 N–H and O–H groups in total. The molecule has 1 heterocycles. The van der Waals surface area contributed by atoms with Crippen LogP contribution in [0.15, 0.2) is 17.1 Å². The molecule has 0 aromatic carbocycles. The summed E-state index contributed by atoms with van der Waals surface area (Å²) in [7, 11) is 1.90. The smallest absolute Gasteiger partial charge is 0.268 e. The Labute approximate surface area is 112 Å². The van der Waals surface area contributed by atoms with E-state index in [1.54, 1.807) is 12.3 Å². The predicted molar refractivity (Wildman–Crippen MR) is 78.5 cm³/mol. The van der Waals surface area contributed by atoms with Crippen molar-refractivity contribution in [2.24, 2.45) is 0 Å². The standard InChI is InChI=1S/C12H22N4OS/c1-3-18-8-4-7-16-12(17)9-11(10-15-16)14-6-5-13-2/h9-10,13-14H,3-8H2,1-2H3. The Kier molecular flexibility index (Phi) is 7.52. The lowest BCUT2D eigenvalue weighted by Crippen LogP contribution is -2.24. The van der Waals surface area contributed by atoms with Gasteiger partial charge in [-0.1, -0.05) is 6.92 Å². The Morgan fingerprint density at radius 1 is 1.44 bits per heavy atom. The lowest BCUT2D eigenvalue weighted by molar-refractivity contribution is 0.571. The third-order valence-electron chi connectivity index (χ3n) is 2.44. The third-order valence-corrected chi connectivity index (χ3v) is 3.42. The molecule has 0 atom stereocenters. The highest BCUT2D eigenvalue weighted by molar-refractivity contribution is 7.99. The Bertz CT molecular complexity index is 394. The molecule has 0 aliphatic rings. The number of rotatable bonds is 9. The number of nitrogens with one attached hydrogen (secondary N) is 2. The first-order valence-corrected chi connectivity index (χ1v) is 7.46. The topological polar surface area (TPSA) is 59.0 Å². The zero-order valence-electron chi connectivity index (χ0n) is 11.1. The van der Waals surface area contributed by atoms with Gasteiger partial charge >= 0.3 is 0 Å². The molecule has 6 heteroatoms. The van der Waals surface area contributed by atoms with E-state index in [9.17, 15) is 4.79 Å². The molecular formula is C12H22N4OS. The first-order valence-electron chi connectivity index (χ1n) is 6.31. The van der Waals surface area contributed by atoms with E-state index in [4.69, 9.17) is 0 Å². The van der Waals surface area contributed by atoms with Crippen molar-refractivity contribution < 1.29 is 0 Å². The van der Waals surface area contributed by atoms with E-state index < -0.39 is 0 Å². The van der Waals surface area contributed by atoms with Crippen LogP contribution in [0.4, 0.5) is 5.69 Å². The summed E-state index contributed by atoms with van der Waals surface area (Å²) in [5.41, 5.74) is 0.750. The van der Waals surface area contributed by atoms with Crippen LogP contribution >= 0.6 is 11.8 Å². The lowest BCUT2D eigenvalue weighted by Gasteiger charge is -2.07. The minimum absolute atomic E-state index is 0.0362. The van der Waals surface area contributed by atoms with Gasteiger partial charge in [0.1, 0.15) is 0 Å². The average molecular weight is 270 g/mol. The number of hydrogen-bond donors (Lipinski definition) is 2. The van der Waals surface area contributed by atoms with E-state index in [-0.39, 0.29) is 5.56 Å². The lowest BCUT2D eigenvalue weighted by atomic mass is 10.4. The Hall–Kier alpha value is -1.01. The molecule has 102 valence electrons. The van der Waals surface area contributed by atoms with E-state index in [2.05, 4.69) is 22.7 Å². The van der Waals surface area contributed by atoms with Crippen molar-refractivity contribution in [2.75, 3.05) is 37.0 Å². The number of nitrogens with zero attached hydrogens (tertiary/aromatic N) is 2. The number of aromatic nitrogens is 2. The van der Waals surface area contributed by atoms with E-state index in [1.165, 1.54) is 4.68 Å². The summed E-state index contributed by atoms with van der Waals surface area (Å²) < 4.78 is 1.53. The summed E-state index contributed by atoms with van der Waals surface area (Å²) in [6, 6.07) is 1.61. The second kappa shape index (κ2) is 8.99. The molecule has 0 unspecified atom stereocenters. The summed E-state index contributed by atoms with van der Waals surface area (Å²) in [5.74, 6) is 2.20. The normalized spacial score (nSPS) is 10.6. The molecule has 0 saturated carbocycles. The van der Waals surface area contributed by atoms with E-state index >= 15 is 0 Å². The van der Waals surface area contributed by atoms with Gasteiger partial charge in [-0.25, -0.2) is 4.68 Å². The number of thioether (sulfide) groups is 1. The highest BCUT2D eigenvalue weighted by Crippen LogP contribution is 2.02. The van der Waals surface area contributed by atoms with Crippen LogP contribution in [0.3, 0.4) is 0 Å². The van der Waals surface area contributed by atoms with Gasteiger partial charge in [0.2, 0.25) is 0 Å². The number of hydrogen-bond acceptors (Lipinski definition) is 5. The number of likely N-dealkylation sites (N-methyl/N-ethyl adjacent to an activating group) is 1. The monoisotopic (exact) mass is 270 g/mol. The van der Waals surface area contributed by atoms with E-state index in [0.717, 1.165) is 36.7 Å². The van der Waals surface area contributed by atoms with E-state index in [1.807, 2.05) is 18.8 Å². The molecule has 0 fully saturated rings. The number of aryl methyl sites for hydroxylation is 1. The second-order valence-electron chi connectivity index (χ2n) is 3.89. The molecule has 0 radical (unpaired) electrons. The van der Waals surface area contributed by atoms with Crippen molar-refractivity contribution in [1.29, 1.82) is 0 Å². The van der Waals surface area contributed by atoms with Gasteiger partial charge in [-0.05, 0) is 25.0 Å². The molecule has 0 aliphatic carbocycles. The summed E-state index contributed by atoms with van der Waals surface area (Å²) in [6.07, 6.45) is 2.70. The van der Waals surface area contributed by atoms with Crippen molar-refractivity contribution in [3.8, 4) is 0 Å². The average Bonchev–Trinajstić information content (AvgIpc) is 2.37. The van der Waals surface area contributed by atoms with Crippen LogP contribution in [0, 0.1) is 0 Å². The third kappa shape index (κ3) is 5.55. The molecule has 0 aliphatic heterocycles. The molecule has 1 rings (SSSR count). The summed E-state index contributed by atoms with van der Waals surface area (Å²) >= 11 is 1.89.